The molecule has 0 radical (unpaired) electrons. The van der Waals surface area contributed by atoms with Gasteiger partial charge < -0.3 is 0 Å². The third kappa shape index (κ3) is 3.12. The van der Waals surface area contributed by atoms with Crippen LogP contribution in [-0.2, 0) is 0 Å². The molecule has 0 aliphatic heterocycles. The lowest BCUT2D eigenvalue weighted by atomic mass is 10.5. The summed E-state index contributed by atoms with van der Waals surface area (Å²) in [5, 5.41) is 0. The van der Waals surface area contributed by atoms with Crippen LogP contribution in [0.2, 0.25) is 0 Å². The molecule has 0 amide bonds. The summed E-state index contributed by atoms with van der Waals surface area (Å²) in [6, 6.07) is 3.43. The second-order valence-electron chi connectivity index (χ2n) is 1.28. The molecule has 0 saturated carbocycles. The van der Waals surface area contributed by atoms with E-state index in [-0.39, 0.29) is 0 Å². The molecule has 0 unspecified atom stereocenters. The van der Waals surface area contributed by atoms with Gasteiger partial charge >= 0.3 is 0 Å². The predicted molar refractivity (Wildman–Crippen MR) is 35.5 cm³/mol. The average Bonchev–Trinajstić information content (AvgIpc) is 1.91. The Morgan fingerprint density at radius 3 is 1.70 bits per heavy atom. The van der Waals surface area contributed by atoms with Crippen LogP contribution >= 0.6 is 0 Å². The average molecular weight is 145 g/mol. The molecule has 1 heterocycles. The minimum absolute atomic E-state index is 0.787. The van der Waals surface area contributed by atoms with Crippen LogP contribution in [0.4, 0.5) is 8.78 Å². The van der Waals surface area contributed by atoms with Crippen LogP contribution in [0.5, 0.6) is 0 Å². The van der Waals surface area contributed by atoms with Crippen LogP contribution in [0.15, 0.2) is 18.2 Å². The number of hydrogen-bond donors (Lipinski definition) is 0. The summed E-state index contributed by atoms with van der Waals surface area (Å²) in [6.07, 6.45) is 0. The van der Waals surface area contributed by atoms with Crippen molar-refractivity contribution in [3.05, 3.63) is 30.1 Å². The van der Waals surface area contributed by atoms with E-state index in [0.717, 1.165) is 12.1 Å². The van der Waals surface area contributed by atoms with Crippen LogP contribution in [0.25, 0.3) is 0 Å². The molecular formula is C7H9F2N. The molecule has 0 aliphatic rings. The molecule has 10 heavy (non-hydrogen) atoms. The highest BCUT2D eigenvalue weighted by atomic mass is 19.1. The van der Waals surface area contributed by atoms with Gasteiger partial charge in [-0.3, -0.25) is 0 Å². The van der Waals surface area contributed by atoms with Crippen molar-refractivity contribution < 1.29 is 8.78 Å². The van der Waals surface area contributed by atoms with Crippen LogP contribution in [0.1, 0.15) is 13.8 Å². The van der Waals surface area contributed by atoms with E-state index in [0.29, 0.717) is 0 Å². The van der Waals surface area contributed by atoms with Crippen molar-refractivity contribution in [2.24, 2.45) is 0 Å². The summed E-state index contributed by atoms with van der Waals surface area (Å²) in [5.41, 5.74) is 0. The minimum atomic E-state index is -0.787. The van der Waals surface area contributed by atoms with E-state index in [1.165, 1.54) is 6.07 Å². The van der Waals surface area contributed by atoms with Crippen molar-refractivity contribution in [3.63, 3.8) is 0 Å². The Kier molecular flexibility index (Phi) is 4.37. The van der Waals surface area contributed by atoms with E-state index in [1.807, 2.05) is 13.8 Å². The second-order valence-corrected chi connectivity index (χ2v) is 1.28. The van der Waals surface area contributed by atoms with E-state index in [4.69, 9.17) is 0 Å². The molecule has 0 N–H and O–H groups in total. The molecule has 0 fully saturated rings. The molecular weight excluding hydrogens is 136 g/mol. The number of nitrogens with zero attached hydrogens (tertiary/aromatic N) is 1. The van der Waals surface area contributed by atoms with Crippen LogP contribution in [0.3, 0.4) is 0 Å². The highest BCUT2D eigenvalue weighted by Crippen LogP contribution is 1.93. The van der Waals surface area contributed by atoms with Crippen molar-refractivity contribution in [1.82, 2.24) is 4.98 Å². The Balaban J connectivity index is 0.000000371. The first-order chi connectivity index (χ1) is 4.79. The van der Waals surface area contributed by atoms with Crippen molar-refractivity contribution in [2.75, 3.05) is 0 Å². The molecule has 1 aromatic rings. The standard InChI is InChI=1S/C5H3F2N.C2H6/c6-4-2-1-3-5(7)8-4;1-2/h1-3H;1-2H3. The summed E-state index contributed by atoms with van der Waals surface area (Å²) in [6.45, 7) is 4.00. The SMILES string of the molecule is CC.Fc1cccc(F)n1. The first kappa shape index (κ1) is 9.01. The third-order valence-corrected chi connectivity index (χ3v) is 0.681. The molecule has 1 aromatic heterocycles. The lowest BCUT2D eigenvalue weighted by molar-refractivity contribution is 0.513. The zero-order valence-corrected chi connectivity index (χ0v) is 5.94. The van der Waals surface area contributed by atoms with Gasteiger partial charge in [0.25, 0.3) is 0 Å². The van der Waals surface area contributed by atoms with Crippen LogP contribution in [0, 0.1) is 11.9 Å². The second kappa shape index (κ2) is 4.85. The summed E-state index contributed by atoms with van der Waals surface area (Å²) >= 11 is 0. The predicted octanol–water partition coefficient (Wildman–Crippen LogP) is 2.39. The quantitative estimate of drug-likeness (QED) is 0.511. The highest BCUT2D eigenvalue weighted by Gasteiger charge is 1.89. The normalized spacial score (nSPS) is 8.00. The van der Waals surface area contributed by atoms with E-state index in [1.54, 1.807) is 0 Å². The lowest BCUT2D eigenvalue weighted by Crippen LogP contribution is -1.83. The lowest BCUT2D eigenvalue weighted by Gasteiger charge is -1.83. The monoisotopic (exact) mass is 145 g/mol. The molecule has 3 heteroatoms. The van der Waals surface area contributed by atoms with Crippen molar-refractivity contribution >= 4 is 0 Å². The fraction of sp³-hybridized carbons (Fsp3) is 0.286. The van der Waals surface area contributed by atoms with Crippen molar-refractivity contribution in [1.29, 1.82) is 0 Å². The fourth-order valence-corrected chi connectivity index (χ4v) is 0.383. The topological polar surface area (TPSA) is 12.9 Å². The molecule has 0 atom stereocenters. The molecule has 0 saturated heterocycles. The Morgan fingerprint density at radius 1 is 1.10 bits per heavy atom. The van der Waals surface area contributed by atoms with E-state index in [9.17, 15) is 8.78 Å². The molecule has 0 spiro atoms. The zero-order chi connectivity index (χ0) is 7.98. The summed E-state index contributed by atoms with van der Waals surface area (Å²) in [4.78, 5) is 2.84. The maximum absolute atomic E-state index is 11.8. The molecule has 0 bridgehead atoms. The highest BCUT2D eigenvalue weighted by molar-refractivity contribution is 4.93. The first-order valence-corrected chi connectivity index (χ1v) is 3.07. The van der Waals surface area contributed by atoms with Gasteiger partial charge in [0.2, 0.25) is 11.9 Å². The first-order valence-electron chi connectivity index (χ1n) is 3.07. The van der Waals surface area contributed by atoms with Gasteiger partial charge in [-0.25, -0.2) is 0 Å². The molecule has 1 nitrogen and oxygen atoms in total. The Hall–Kier alpha value is -0.990. The minimum Gasteiger partial charge on any atom is -0.191 e. The summed E-state index contributed by atoms with van der Waals surface area (Å²) in [5.74, 6) is -1.57. The molecule has 0 aliphatic carbocycles. The van der Waals surface area contributed by atoms with Gasteiger partial charge in [-0.15, -0.1) is 0 Å². The number of aromatic nitrogens is 1. The van der Waals surface area contributed by atoms with Gasteiger partial charge in [-0.2, -0.15) is 13.8 Å². The number of rotatable bonds is 0. The number of hydrogen-bond acceptors (Lipinski definition) is 1. The maximum atomic E-state index is 11.8. The smallest absolute Gasteiger partial charge is 0.191 e. The Labute approximate surface area is 58.7 Å². The maximum Gasteiger partial charge on any atom is 0.215 e. The van der Waals surface area contributed by atoms with Gasteiger partial charge in [0, 0.05) is 0 Å². The third-order valence-electron chi connectivity index (χ3n) is 0.681. The van der Waals surface area contributed by atoms with Gasteiger partial charge in [0.15, 0.2) is 0 Å². The summed E-state index contributed by atoms with van der Waals surface area (Å²) < 4.78 is 23.6. The van der Waals surface area contributed by atoms with Gasteiger partial charge in [0.05, 0.1) is 0 Å². The van der Waals surface area contributed by atoms with Crippen molar-refractivity contribution in [3.8, 4) is 0 Å². The molecule has 1 rings (SSSR count). The number of halogens is 2. The fourth-order valence-electron chi connectivity index (χ4n) is 0.383. The zero-order valence-electron chi connectivity index (χ0n) is 5.94. The van der Waals surface area contributed by atoms with Crippen LogP contribution < -0.4 is 0 Å². The van der Waals surface area contributed by atoms with Crippen molar-refractivity contribution in [2.45, 2.75) is 13.8 Å². The largest absolute Gasteiger partial charge is 0.215 e. The van der Waals surface area contributed by atoms with Gasteiger partial charge in [0.1, 0.15) is 0 Å². The van der Waals surface area contributed by atoms with Crippen LogP contribution in [-0.4, -0.2) is 4.98 Å². The van der Waals surface area contributed by atoms with E-state index >= 15 is 0 Å². The Bertz CT molecular complexity index is 171. The number of pyridine rings is 1. The summed E-state index contributed by atoms with van der Waals surface area (Å²) in [7, 11) is 0. The van der Waals surface area contributed by atoms with E-state index < -0.39 is 11.9 Å². The Morgan fingerprint density at radius 2 is 1.50 bits per heavy atom. The van der Waals surface area contributed by atoms with Gasteiger partial charge in [-0.05, 0) is 12.1 Å². The van der Waals surface area contributed by atoms with Gasteiger partial charge in [-0.1, -0.05) is 19.9 Å². The molecule has 56 valence electrons. The molecule has 0 aromatic carbocycles. The van der Waals surface area contributed by atoms with E-state index in [2.05, 4.69) is 4.98 Å².